The maximum atomic E-state index is 13.2. The molecule has 0 N–H and O–H groups in total. The summed E-state index contributed by atoms with van der Waals surface area (Å²) in [6.07, 6.45) is 8.74. The van der Waals surface area contributed by atoms with Crippen molar-refractivity contribution < 1.29 is 13.2 Å². The molecule has 5 rings (SSSR count). The topological polar surface area (TPSA) is 80.6 Å². The standard InChI is InChI=1S/C17H27N5O3S/c23-26(24,20-7-9-25-10-8-20)21-11-15(17(12-21)5-1-2-6-17)16-19-18-13-22(16)14-3-4-14/h13-15H,1-12H2. The largest absolute Gasteiger partial charge is 0.379 e. The fourth-order valence-corrected chi connectivity index (χ4v) is 6.81. The summed E-state index contributed by atoms with van der Waals surface area (Å²) >= 11 is 0. The molecule has 3 heterocycles. The molecule has 26 heavy (non-hydrogen) atoms. The molecule has 0 bridgehead atoms. The van der Waals surface area contributed by atoms with E-state index in [9.17, 15) is 8.42 Å². The van der Waals surface area contributed by atoms with Crippen molar-refractivity contribution in [3.8, 4) is 0 Å². The van der Waals surface area contributed by atoms with Gasteiger partial charge in [-0.25, -0.2) is 0 Å². The highest BCUT2D eigenvalue weighted by atomic mass is 32.2. The number of hydrogen-bond donors (Lipinski definition) is 0. The molecule has 1 atom stereocenters. The number of hydrogen-bond acceptors (Lipinski definition) is 5. The molecule has 1 spiro atoms. The van der Waals surface area contributed by atoms with E-state index in [0.29, 0.717) is 45.4 Å². The van der Waals surface area contributed by atoms with Crippen LogP contribution in [0, 0.1) is 5.41 Å². The summed E-state index contributed by atoms with van der Waals surface area (Å²) in [7, 11) is -3.44. The molecular weight excluding hydrogens is 354 g/mol. The van der Waals surface area contributed by atoms with Crippen molar-refractivity contribution in [3.05, 3.63) is 12.2 Å². The van der Waals surface area contributed by atoms with Crippen LogP contribution in [0.2, 0.25) is 0 Å². The predicted octanol–water partition coefficient (Wildman–Crippen LogP) is 1.15. The highest BCUT2D eigenvalue weighted by Gasteiger charge is 2.54. The molecule has 2 saturated carbocycles. The summed E-state index contributed by atoms with van der Waals surface area (Å²) in [5.74, 6) is 1.16. The first-order valence-electron chi connectivity index (χ1n) is 9.83. The Morgan fingerprint density at radius 1 is 1.12 bits per heavy atom. The van der Waals surface area contributed by atoms with Gasteiger partial charge < -0.3 is 9.30 Å². The minimum absolute atomic E-state index is 0.0268. The third kappa shape index (κ3) is 2.71. The van der Waals surface area contributed by atoms with Crippen LogP contribution < -0.4 is 0 Å². The summed E-state index contributed by atoms with van der Waals surface area (Å²) in [6, 6.07) is 0.517. The number of nitrogens with zero attached hydrogens (tertiary/aromatic N) is 5. The van der Waals surface area contributed by atoms with Crippen LogP contribution in [0.3, 0.4) is 0 Å². The van der Waals surface area contributed by atoms with Crippen molar-refractivity contribution in [2.75, 3.05) is 39.4 Å². The van der Waals surface area contributed by atoms with Gasteiger partial charge in [-0.2, -0.15) is 17.0 Å². The molecule has 4 aliphatic rings. The lowest BCUT2D eigenvalue weighted by atomic mass is 9.76. The zero-order valence-corrected chi connectivity index (χ0v) is 15.9. The van der Waals surface area contributed by atoms with E-state index in [1.165, 1.54) is 25.7 Å². The Bertz CT molecular complexity index is 763. The monoisotopic (exact) mass is 381 g/mol. The van der Waals surface area contributed by atoms with Gasteiger partial charge in [0, 0.05) is 38.1 Å². The van der Waals surface area contributed by atoms with Crippen LogP contribution in [-0.2, 0) is 14.9 Å². The average Bonchev–Trinajstić information content (AvgIpc) is 3.08. The molecule has 0 amide bonds. The van der Waals surface area contributed by atoms with Gasteiger partial charge >= 0.3 is 0 Å². The lowest BCUT2D eigenvalue weighted by Crippen LogP contribution is -2.48. The van der Waals surface area contributed by atoms with Crippen molar-refractivity contribution >= 4 is 10.2 Å². The molecule has 0 aromatic carbocycles. The van der Waals surface area contributed by atoms with Gasteiger partial charge in [0.25, 0.3) is 10.2 Å². The minimum Gasteiger partial charge on any atom is -0.379 e. The third-order valence-electron chi connectivity index (χ3n) is 6.69. The molecular formula is C17H27N5O3S. The summed E-state index contributed by atoms with van der Waals surface area (Å²) in [5.41, 5.74) is 0.0268. The van der Waals surface area contributed by atoms with Gasteiger partial charge in [-0.15, -0.1) is 10.2 Å². The molecule has 2 aliphatic heterocycles. The molecule has 2 aliphatic carbocycles. The molecule has 9 heteroatoms. The molecule has 8 nitrogen and oxygen atoms in total. The number of aromatic nitrogens is 3. The average molecular weight is 382 g/mol. The third-order valence-corrected chi connectivity index (χ3v) is 8.64. The predicted molar refractivity (Wildman–Crippen MR) is 94.8 cm³/mol. The highest BCUT2D eigenvalue weighted by Crippen LogP contribution is 2.54. The lowest BCUT2D eigenvalue weighted by molar-refractivity contribution is 0.0703. The quantitative estimate of drug-likeness (QED) is 0.782. The van der Waals surface area contributed by atoms with E-state index in [1.807, 2.05) is 6.33 Å². The maximum absolute atomic E-state index is 13.2. The highest BCUT2D eigenvalue weighted by molar-refractivity contribution is 7.86. The SMILES string of the molecule is O=S(=O)(N1CCOCC1)N1CC(c2nncn2C2CC2)C2(CCCC2)C1. The van der Waals surface area contributed by atoms with E-state index in [0.717, 1.165) is 18.7 Å². The van der Waals surface area contributed by atoms with Crippen molar-refractivity contribution in [1.29, 1.82) is 0 Å². The Labute approximate surface area is 154 Å². The van der Waals surface area contributed by atoms with Gasteiger partial charge in [0.2, 0.25) is 0 Å². The normalized spacial score (nSPS) is 30.4. The van der Waals surface area contributed by atoms with Gasteiger partial charge in [0.15, 0.2) is 0 Å². The first kappa shape index (κ1) is 17.1. The maximum Gasteiger partial charge on any atom is 0.282 e. The fraction of sp³-hybridized carbons (Fsp3) is 0.882. The van der Waals surface area contributed by atoms with Crippen LogP contribution >= 0.6 is 0 Å². The van der Waals surface area contributed by atoms with Crippen molar-refractivity contribution in [2.45, 2.75) is 50.5 Å². The van der Waals surface area contributed by atoms with E-state index in [-0.39, 0.29) is 11.3 Å². The van der Waals surface area contributed by atoms with Crippen LogP contribution in [0.25, 0.3) is 0 Å². The van der Waals surface area contributed by atoms with E-state index in [4.69, 9.17) is 4.74 Å². The van der Waals surface area contributed by atoms with Gasteiger partial charge in [0.05, 0.1) is 13.2 Å². The van der Waals surface area contributed by atoms with E-state index in [2.05, 4.69) is 14.8 Å². The van der Waals surface area contributed by atoms with Gasteiger partial charge in [-0.3, -0.25) is 0 Å². The lowest BCUT2D eigenvalue weighted by Gasteiger charge is -2.31. The Morgan fingerprint density at radius 2 is 1.85 bits per heavy atom. The summed E-state index contributed by atoms with van der Waals surface area (Å²) in [4.78, 5) is 0. The molecule has 1 unspecified atom stereocenters. The molecule has 2 saturated heterocycles. The van der Waals surface area contributed by atoms with Crippen LogP contribution in [0.1, 0.15) is 56.3 Å². The van der Waals surface area contributed by atoms with Gasteiger partial charge in [0.1, 0.15) is 12.2 Å². The second-order valence-corrected chi connectivity index (χ2v) is 10.2. The van der Waals surface area contributed by atoms with Crippen LogP contribution in [0.15, 0.2) is 6.33 Å². The van der Waals surface area contributed by atoms with Gasteiger partial charge in [-0.05, 0) is 31.1 Å². The van der Waals surface area contributed by atoms with E-state index in [1.54, 1.807) is 8.61 Å². The molecule has 144 valence electrons. The fourth-order valence-electron chi connectivity index (χ4n) is 5.12. The minimum atomic E-state index is -3.44. The molecule has 1 aromatic heterocycles. The summed E-state index contributed by atoms with van der Waals surface area (Å²) < 4.78 is 37.3. The molecule has 1 aromatic rings. The first-order valence-corrected chi connectivity index (χ1v) is 11.2. The van der Waals surface area contributed by atoms with Crippen LogP contribution in [0.5, 0.6) is 0 Å². The second-order valence-electron chi connectivity index (χ2n) is 8.26. The van der Waals surface area contributed by atoms with Crippen LogP contribution in [-0.4, -0.2) is 71.2 Å². The Kier molecular flexibility index (Phi) is 4.11. The Hall–Kier alpha value is -1.03. The smallest absolute Gasteiger partial charge is 0.282 e. The first-order chi connectivity index (χ1) is 12.6. The summed E-state index contributed by atoms with van der Waals surface area (Å²) in [5, 5.41) is 8.64. The number of morpholine rings is 1. The van der Waals surface area contributed by atoms with Crippen molar-refractivity contribution in [2.24, 2.45) is 5.41 Å². The Balaban J connectivity index is 1.46. The van der Waals surface area contributed by atoms with Crippen molar-refractivity contribution in [3.63, 3.8) is 0 Å². The van der Waals surface area contributed by atoms with Crippen LogP contribution in [0.4, 0.5) is 0 Å². The Morgan fingerprint density at radius 3 is 2.54 bits per heavy atom. The summed E-state index contributed by atoms with van der Waals surface area (Å²) in [6.45, 7) is 3.03. The molecule has 0 radical (unpaired) electrons. The number of rotatable bonds is 4. The van der Waals surface area contributed by atoms with Crippen molar-refractivity contribution in [1.82, 2.24) is 23.4 Å². The zero-order chi connectivity index (χ0) is 17.8. The number of ether oxygens (including phenoxy) is 1. The van der Waals surface area contributed by atoms with E-state index < -0.39 is 10.2 Å². The van der Waals surface area contributed by atoms with E-state index >= 15 is 0 Å². The zero-order valence-electron chi connectivity index (χ0n) is 15.1. The second kappa shape index (κ2) is 6.25. The van der Waals surface area contributed by atoms with Gasteiger partial charge in [-0.1, -0.05) is 12.8 Å². The molecule has 4 fully saturated rings.